The van der Waals surface area contributed by atoms with Crippen LogP contribution >= 0.6 is 15.9 Å². The summed E-state index contributed by atoms with van der Waals surface area (Å²) in [6.45, 7) is 3.44. The minimum absolute atomic E-state index is 0.145. The molecule has 74 valence electrons. The van der Waals surface area contributed by atoms with E-state index in [1.807, 2.05) is 0 Å². The van der Waals surface area contributed by atoms with E-state index in [-0.39, 0.29) is 11.1 Å². The molecule has 0 saturated carbocycles. The molecule has 2 nitrogen and oxygen atoms in total. The molecule has 14 heavy (non-hydrogen) atoms. The van der Waals surface area contributed by atoms with Crippen LogP contribution in [0, 0.1) is 5.82 Å². The van der Waals surface area contributed by atoms with Gasteiger partial charge in [0.2, 0.25) is 0 Å². The third kappa shape index (κ3) is 1.85. The second-order valence-corrected chi connectivity index (χ2v) is 3.37. The number of ether oxygens (including phenoxy) is 1. The van der Waals surface area contributed by atoms with Crippen LogP contribution in [0.15, 0.2) is 23.2 Å². The average molecular weight is 259 g/mol. The molecule has 0 saturated heterocycles. The molecule has 0 amide bonds. The van der Waals surface area contributed by atoms with Crippen molar-refractivity contribution in [2.24, 2.45) is 0 Å². The van der Waals surface area contributed by atoms with E-state index in [1.165, 1.54) is 25.3 Å². The van der Waals surface area contributed by atoms with E-state index in [0.29, 0.717) is 4.47 Å². The second kappa shape index (κ2) is 4.37. The zero-order valence-electron chi connectivity index (χ0n) is 7.51. The third-order valence-electron chi connectivity index (χ3n) is 1.74. The average Bonchev–Trinajstić information content (AvgIpc) is 2.20. The molecule has 1 rings (SSSR count). The highest BCUT2D eigenvalue weighted by molar-refractivity contribution is 9.10. The van der Waals surface area contributed by atoms with Gasteiger partial charge in [0.1, 0.15) is 5.82 Å². The molecule has 0 heterocycles. The first-order chi connectivity index (χ1) is 6.61. The maximum Gasteiger partial charge on any atom is 0.338 e. The topological polar surface area (TPSA) is 26.3 Å². The Kier molecular flexibility index (Phi) is 3.41. The minimum Gasteiger partial charge on any atom is -0.465 e. The Morgan fingerprint density at radius 3 is 2.79 bits per heavy atom. The summed E-state index contributed by atoms with van der Waals surface area (Å²) in [7, 11) is 1.25. The number of methoxy groups -OCH3 is 1. The van der Waals surface area contributed by atoms with Crippen molar-refractivity contribution in [1.29, 1.82) is 0 Å². The molecular weight excluding hydrogens is 251 g/mol. The van der Waals surface area contributed by atoms with Gasteiger partial charge in [-0.3, -0.25) is 0 Å². The van der Waals surface area contributed by atoms with Gasteiger partial charge in [-0.2, -0.15) is 0 Å². The van der Waals surface area contributed by atoms with E-state index in [4.69, 9.17) is 0 Å². The highest BCUT2D eigenvalue weighted by atomic mass is 79.9. The number of carbonyl (C=O) groups excluding carboxylic acids is 1. The summed E-state index contributed by atoms with van der Waals surface area (Å²) in [4.78, 5) is 11.2. The maximum absolute atomic E-state index is 13.4. The van der Waals surface area contributed by atoms with Crippen LogP contribution < -0.4 is 0 Å². The Hall–Kier alpha value is -1.16. The molecule has 0 atom stereocenters. The van der Waals surface area contributed by atoms with Gasteiger partial charge in [-0.1, -0.05) is 12.7 Å². The van der Waals surface area contributed by atoms with Crippen molar-refractivity contribution in [2.75, 3.05) is 7.11 Å². The molecule has 1 aromatic carbocycles. The van der Waals surface area contributed by atoms with Crippen LogP contribution in [0.2, 0.25) is 0 Å². The molecular formula is C10H8BrFO2. The third-order valence-corrected chi connectivity index (χ3v) is 2.35. The number of carbonyl (C=O) groups is 1. The smallest absolute Gasteiger partial charge is 0.338 e. The summed E-state index contributed by atoms with van der Waals surface area (Å²) in [5.41, 5.74) is 0.314. The summed E-state index contributed by atoms with van der Waals surface area (Å²) in [5.74, 6) is -1.09. The predicted molar refractivity (Wildman–Crippen MR) is 55.5 cm³/mol. The fraction of sp³-hybridized carbons (Fsp3) is 0.100. The van der Waals surface area contributed by atoms with Gasteiger partial charge >= 0.3 is 5.97 Å². The first-order valence-electron chi connectivity index (χ1n) is 3.80. The predicted octanol–water partition coefficient (Wildman–Crippen LogP) is 3.02. The Labute approximate surface area is 89.5 Å². The summed E-state index contributed by atoms with van der Waals surface area (Å²) in [6.07, 6.45) is 1.28. The van der Waals surface area contributed by atoms with Gasteiger partial charge in [-0.25, -0.2) is 9.18 Å². The van der Waals surface area contributed by atoms with Crippen LogP contribution in [0.5, 0.6) is 0 Å². The lowest BCUT2D eigenvalue weighted by atomic mass is 10.1. The largest absolute Gasteiger partial charge is 0.465 e. The first kappa shape index (κ1) is 10.9. The van der Waals surface area contributed by atoms with Crippen LogP contribution in [0.4, 0.5) is 4.39 Å². The van der Waals surface area contributed by atoms with Crippen LogP contribution in [0.1, 0.15) is 15.9 Å². The van der Waals surface area contributed by atoms with Crippen LogP contribution in [-0.2, 0) is 4.74 Å². The number of halogens is 2. The molecule has 1 aromatic rings. The Morgan fingerprint density at radius 1 is 1.64 bits per heavy atom. The van der Waals surface area contributed by atoms with Gasteiger partial charge in [0, 0.05) is 5.56 Å². The molecule has 0 aromatic heterocycles. The normalized spacial score (nSPS) is 9.64. The van der Waals surface area contributed by atoms with Crippen LogP contribution in [0.3, 0.4) is 0 Å². The van der Waals surface area contributed by atoms with Crippen LogP contribution in [0.25, 0.3) is 6.08 Å². The molecule has 0 unspecified atom stereocenters. The number of rotatable bonds is 2. The zero-order valence-corrected chi connectivity index (χ0v) is 9.10. The van der Waals surface area contributed by atoms with Gasteiger partial charge in [0.15, 0.2) is 0 Å². The standard InChI is InChI=1S/C10H8BrFO2/c1-3-6-7(10(13)14-2)4-5-8(11)9(6)12/h3-5H,1H2,2H3. The monoisotopic (exact) mass is 258 g/mol. The molecule has 0 N–H and O–H groups in total. The van der Waals surface area contributed by atoms with E-state index in [9.17, 15) is 9.18 Å². The Morgan fingerprint density at radius 2 is 2.29 bits per heavy atom. The van der Waals surface area contributed by atoms with Gasteiger partial charge in [-0.05, 0) is 28.1 Å². The number of esters is 1. The minimum atomic E-state index is -0.577. The van der Waals surface area contributed by atoms with E-state index in [0.717, 1.165) is 0 Å². The Balaban J connectivity index is 3.38. The highest BCUT2D eigenvalue weighted by Gasteiger charge is 2.15. The second-order valence-electron chi connectivity index (χ2n) is 2.52. The fourth-order valence-corrected chi connectivity index (χ4v) is 1.40. The quantitative estimate of drug-likeness (QED) is 0.763. The van der Waals surface area contributed by atoms with Gasteiger partial charge in [0.25, 0.3) is 0 Å². The van der Waals surface area contributed by atoms with Crippen molar-refractivity contribution < 1.29 is 13.9 Å². The fourth-order valence-electron chi connectivity index (χ4n) is 1.05. The zero-order chi connectivity index (χ0) is 10.7. The summed E-state index contributed by atoms with van der Waals surface area (Å²) >= 11 is 3.02. The molecule has 0 fully saturated rings. The summed E-state index contributed by atoms with van der Waals surface area (Å²) < 4.78 is 18.2. The van der Waals surface area contributed by atoms with Crippen molar-refractivity contribution in [3.8, 4) is 0 Å². The Bertz CT molecular complexity index is 388. The van der Waals surface area contributed by atoms with Crippen molar-refractivity contribution in [2.45, 2.75) is 0 Å². The van der Waals surface area contributed by atoms with Crippen molar-refractivity contribution in [3.05, 3.63) is 40.1 Å². The number of hydrogen-bond acceptors (Lipinski definition) is 2. The van der Waals surface area contributed by atoms with E-state index >= 15 is 0 Å². The molecule has 0 aliphatic rings. The van der Waals surface area contributed by atoms with Gasteiger partial charge in [0.05, 0.1) is 17.1 Å². The molecule has 0 spiro atoms. The summed E-state index contributed by atoms with van der Waals surface area (Å²) in [6, 6.07) is 2.94. The van der Waals surface area contributed by atoms with Crippen LogP contribution in [-0.4, -0.2) is 13.1 Å². The maximum atomic E-state index is 13.4. The molecule has 0 aliphatic carbocycles. The van der Waals surface area contributed by atoms with E-state index in [2.05, 4.69) is 27.2 Å². The lowest BCUT2D eigenvalue weighted by Crippen LogP contribution is -2.05. The van der Waals surface area contributed by atoms with Crippen molar-refractivity contribution >= 4 is 28.0 Å². The van der Waals surface area contributed by atoms with Crippen molar-refractivity contribution in [3.63, 3.8) is 0 Å². The molecule has 0 radical (unpaired) electrons. The SMILES string of the molecule is C=Cc1c(C(=O)OC)ccc(Br)c1F. The molecule has 0 bridgehead atoms. The van der Waals surface area contributed by atoms with Crippen molar-refractivity contribution in [1.82, 2.24) is 0 Å². The molecule has 0 aliphatic heterocycles. The van der Waals surface area contributed by atoms with E-state index in [1.54, 1.807) is 0 Å². The highest BCUT2D eigenvalue weighted by Crippen LogP contribution is 2.23. The molecule has 4 heteroatoms. The number of benzene rings is 1. The lowest BCUT2D eigenvalue weighted by Gasteiger charge is -2.06. The lowest BCUT2D eigenvalue weighted by molar-refractivity contribution is 0.0600. The van der Waals surface area contributed by atoms with Gasteiger partial charge in [-0.15, -0.1) is 0 Å². The first-order valence-corrected chi connectivity index (χ1v) is 4.60. The summed E-state index contributed by atoms with van der Waals surface area (Å²) in [5, 5.41) is 0. The number of hydrogen-bond donors (Lipinski definition) is 0. The van der Waals surface area contributed by atoms with Gasteiger partial charge < -0.3 is 4.74 Å². The van der Waals surface area contributed by atoms with E-state index < -0.39 is 11.8 Å².